The summed E-state index contributed by atoms with van der Waals surface area (Å²) in [6, 6.07) is 6.16. The van der Waals surface area contributed by atoms with Gasteiger partial charge in [0.15, 0.2) is 0 Å². The van der Waals surface area contributed by atoms with Gasteiger partial charge >= 0.3 is 12.0 Å². The molecule has 0 fully saturated rings. The number of hydrogen-bond acceptors (Lipinski definition) is 3. The number of hydrogen-bond donors (Lipinski definition) is 4. The lowest BCUT2D eigenvalue weighted by molar-refractivity contribution is -0.136. The van der Waals surface area contributed by atoms with Crippen molar-refractivity contribution in [1.29, 1.82) is 0 Å². The predicted octanol–water partition coefficient (Wildman–Crippen LogP) is 1.15. The van der Waals surface area contributed by atoms with E-state index < -0.39 is 18.1 Å². The number of amides is 2. The third kappa shape index (κ3) is 6.08. The second-order valence-corrected chi connectivity index (χ2v) is 4.29. The summed E-state index contributed by atoms with van der Waals surface area (Å²) in [6.45, 7) is 0.0493. The van der Waals surface area contributed by atoms with E-state index in [1.807, 2.05) is 0 Å². The number of rotatable bonds is 6. The molecular formula is C12H15ClN2O4. The van der Waals surface area contributed by atoms with Crippen LogP contribution in [0.1, 0.15) is 18.1 Å². The first-order valence-electron chi connectivity index (χ1n) is 5.66. The molecule has 0 heterocycles. The van der Waals surface area contributed by atoms with Crippen LogP contribution in [0, 0.1) is 0 Å². The van der Waals surface area contributed by atoms with E-state index in [9.17, 15) is 14.7 Å². The standard InChI is InChI=1S/C12H15ClN2O4/c13-9-3-1-2-8(6-9)10(16)7-15-12(19)14-5-4-11(17)18/h1-3,6,10,16H,4-5,7H2,(H,17,18)(H2,14,15,19). The molecule has 1 aromatic carbocycles. The highest BCUT2D eigenvalue weighted by atomic mass is 35.5. The molecule has 0 radical (unpaired) electrons. The topological polar surface area (TPSA) is 98.7 Å². The van der Waals surface area contributed by atoms with Crippen molar-refractivity contribution in [3.63, 3.8) is 0 Å². The SMILES string of the molecule is O=C(O)CCNC(=O)NCC(O)c1cccc(Cl)c1. The molecule has 1 atom stereocenters. The van der Waals surface area contributed by atoms with Crippen molar-refractivity contribution in [2.45, 2.75) is 12.5 Å². The van der Waals surface area contributed by atoms with Crippen LogP contribution in [0.3, 0.4) is 0 Å². The molecule has 2 amide bonds. The molecule has 19 heavy (non-hydrogen) atoms. The minimum atomic E-state index is -0.987. The molecule has 1 aromatic rings. The van der Waals surface area contributed by atoms with Crippen LogP contribution in [-0.4, -0.2) is 35.3 Å². The summed E-state index contributed by atoms with van der Waals surface area (Å²) in [5, 5.41) is 23.5. The van der Waals surface area contributed by atoms with Gasteiger partial charge in [0, 0.05) is 18.1 Å². The van der Waals surface area contributed by atoms with Crippen molar-refractivity contribution in [2.24, 2.45) is 0 Å². The maximum atomic E-state index is 11.3. The van der Waals surface area contributed by atoms with Crippen molar-refractivity contribution in [3.05, 3.63) is 34.9 Å². The largest absolute Gasteiger partial charge is 0.481 e. The van der Waals surface area contributed by atoms with E-state index in [4.69, 9.17) is 16.7 Å². The molecule has 1 unspecified atom stereocenters. The lowest BCUT2D eigenvalue weighted by Crippen LogP contribution is -2.38. The number of carboxylic acids is 1. The Hall–Kier alpha value is -1.79. The average molecular weight is 287 g/mol. The van der Waals surface area contributed by atoms with Gasteiger partial charge in [0.25, 0.3) is 0 Å². The number of aliphatic carboxylic acids is 1. The fraction of sp³-hybridized carbons (Fsp3) is 0.333. The molecule has 4 N–H and O–H groups in total. The zero-order valence-corrected chi connectivity index (χ0v) is 10.9. The van der Waals surface area contributed by atoms with Crippen molar-refractivity contribution in [2.75, 3.05) is 13.1 Å². The van der Waals surface area contributed by atoms with E-state index >= 15 is 0 Å². The fourth-order valence-corrected chi connectivity index (χ4v) is 1.57. The number of carbonyl (C=O) groups is 2. The van der Waals surface area contributed by atoms with Gasteiger partial charge < -0.3 is 20.8 Å². The molecule has 0 saturated carbocycles. The summed E-state index contributed by atoms with van der Waals surface area (Å²) in [7, 11) is 0. The number of urea groups is 1. The second-order valence-electron chi connectivity index (χ2n) is 3.85. The Bertz CT molecular complexity index is 453. The Kier molecular flexibility index (Phi) is 6.11. The van der Waals surface area contributed by atoms with Gasteiger partial charge in [-0.05, 0) is 17.7 Å². The Morgan fingerprint density at radius 2 is 2.05 bits per heavy atom. The summed E-state index contributed by atoms with van der Waals surface area (Å²) >= 11 is 5.78. The van der Waals surface area contributed by atoms with Crippen LogP contribution in [0.5, 0.6) is 0 Å². The molecular weight excluding hydrogens is 272 g/mol. The van der Waals surface area contributed by atoms with Crippen LogP contribution in [0.15, 0.2) is 24.3 Å². The minimum Gasteiger partial charge on any atom is -0.481 e. The first kappa shape index (κ1) is 15.3. The number of nitrogens with one attached hydrogen (secondary N) is 2. The summed E-state index contributed by atoms with van der Waals surface area (Å²) in [5.41, 5.74) is 0.596. The lowest BCUT2D eigenvalue weighted by atomic mass is 10.1. The van der Waals surface area contributed by atoms with E-state index in [0.29, 0.717) is 10.6 Å². The molecule has 7 heteroatoms. The van der Waals surface area contributed by atoms with Crippen LogP contribution in [-0.2, 0) is 4.79 Å². The van der Waals surface area contributed by atoms with Gasteiger partial charge in [-0.15, -0.1) is 0 Å². The molecule has 0 aromatic heterocycles. The smallest absolute Gasteiger partial charge is 0.314 e. The van der Waals surface area contributed by atoms with Crippen LogP contribution < -0.4 is 10.6 Å². The third-order valence-electron chi connectivity index (χ3n) is 2.31. The van der Waals surface area contributed by atoms with Crippen LogP contribution in [0.4, 0.5) is 4.79 Å². The van der Waals surface area contributed by atoms with E-state index in [0.717, 1.165) is 0 Å². The van der Waals surface area contributed by atoms with E-state index in [1.54, 1.807) is 24.3 Å². The Morgan fingerprint density at radius 3 is 2.68 bits per heavy atom. The van der Waals surface area contributed by atoms with Crippen molar-refractivity contribution in [3.8, 4) is 0 Å². The normalized spacial score (nSPS) is 11.7. The van der Waals surface area contributed by atoms with Gasteiger partial charge in [-0.25, -0.2) is 4.79 Å². The quantitative estimate of drug-likeness (QED) is 0.630. The van der Waals surface area contributed by atoms with Gasteiger partial charge in [0.05, 0.1) is 12.5 Å². The molecule has 0 aliphatic rings. The Labute approximate surface area is 115 Å². The highest BCUT2D eigenvalue weighted by Gasteiger charge is 2.09. The molecule has 0 aliphatic carbocycles. The second kappa shape index (κ2) is 7.60. The molecule has 0 saturated heterocycles. The third-order valence-corrected chi connectivity index (χ3v) is 2.55. The monoisotopic (exact) mass is 286 g/mol. The highest BCUT2D eigenvalue weighted by Crippen LogP contribution is 2.16. The van der Waals surface area contributed by atoms with Crippen molar-refractivity contribution in [1.82, 2.24) is 10.6 Å². The zero-order chi connectivity index (χ0) is 14.3. The summed E-state index contributed by atoms with van der Waals surface area (Å²) in [6.07, 6.45) is -1.02. The first-order valence-corrected chi connectivity index (χ1v) is 6.04. The predicted molar refractivity (Wildman–Crippen MR) is 70.1 cm³/mol. The van der Waals surface area contributed by atoms with Gasteiger partial charge in [-0.1, -0.05) is 23.7 Å². The van der Waals surface area contributed by atoms with E-state index in [2.05, 4.69) is 10.6 Å². The summed E-state index contributed by atoms with van der Waals surface area (Å²) in [4.78, 5) is 21.5. The fourth-order valence-electron chi connectivity index (χ4n) is 1.37. The van der Waals surface area contributed by atoms with Crippen molar-refractivity contribution >= 4 is 23.6 Å². The number of aliphatic hydroxyl groups excluding tert-OH is 1. The van der Waals surface area contributed by atoms with Crippen molar-refractivity contribution < 1.29 is 19.8 Å². The molecule has 0 aliphatic heterocycles. The van der Waals surface area contributed by atoms with Crippen LogP contribution in [0.2, 0.25) is 5.02 Å². The molecule has 104 valence electrons. The van der Waals surface area contributed by atoms with Gasteiger partial charge in [-0.3, -0.25) is 4.79 Å². The molecule has 1 rings (SSSR count). The maximum Gasteiger partial charge on any atom is 0.314 e. The molecule has 0 bridgehead atoms. The van der Waals surface area contributed by atoms with Crippen LogP contribution >= 0.6 is 11.6 Å². The molecule has 0 spiro atoms. The van der Waals surface area contributed by atoms with E-state index in [-0.39, 0.29) is 19.5 Å². The van der Waals surface area contributed by atoms with Gasteiger partial charge in [0.2, 0.25) is 0 Å². The lowest BCUT2D eigenvalue weighted by Gasteiger charge is -2.13. The first-order chi connectivity index (χ1) is 8.99. The van der Waals surface area contributed by atoms with Gasteiger partial charge in [-0.2, -0.15) is 0 Å². The maximum absolute atomic E-state index is 11.3. The highest BCUT2D eigenvalue weighted by molar-refractivity contribution is 6.30. The summed E-state index contributed by atoms with van der Waals surface area (Å²) < 4.78 is 0. The number of halogens is 1. The number of benzene rings is 1. The molecule has 6 nitrogen and oxygen atoms in total. The van der Waals surface area contributed by atoms with E-state index in [1.165, 1.54) is 0 Å². The Morgan fingerprint density at radius 1 is 1.32 bits per heavy atom. The number of aliphatic hydroxyl groups is 1. The Balaban J connectivity index is 2.31. The van der Waals surface area contributed by atoms with Gasteiger partial charge in [0.1, 0.15) is 0 Å². The van der Waals surface area contributed by atoms with Crippen LogP contribution in [0.25, 0.3) is 0 Å². The zero-order valence-electron chi connectivity index (χ0n) is 10.1. The number of carbonyl (C=O) groups excluding carboxylic acids is 1. The average Bonchev–Trinajstić information content (AvgIpc) is 2.35. The minimum absolute atomic E-state index is 0.0131. The summed E-state index contributed by atoms with van der Waals surface area (Å²) in [5.74, 6) is -0.987. The number of carboxylic acid groups (broad SMARTS) is 1.